The zero-order valence-corrected chi connectivity index (χ0v) is 14.6. The number of aromatic nitrogens is 4. The molecular weight excluding hydrogens is 390 g/mol. The summed E-state index contributed by atoms with van der Waals surface area (Å²) in [5.74, 6) is -1.96. The Kier molecular flexibility index (Phi) is 4.53. The molecule has 3 aromatic heterocycles. The summed E-state index contributed by atoms with van der Waals surface area (Å²) >= 11 is 0. The van der Waals surface area contributed by atoms with Crippen molar-refractivity contribution in [1.82, 2.24) is 25.5 Å². The SMILES string of the molecule is O=C(NCc1cccc(C(F)(F)F)c1F)c1c[nH]c(-c2[nH]nc3ncccc23)c1. The summed E-state index contributed by atoms with van der Waals surface area (Å²) in [7, 11) is 0. The van der Waals surface area contributed by atoms with Crippen LogP contribution in [0.25, 0.3) is 22.4 Å². The highest BCUT2D eigenvalue weighted by atomic mass is 19.4. The van der Waals surface area contributed by atoms with E-state index < -0.39 is 23.5 Å². The first-order valence-corrected chi connectivity index (χ1v) is 8.45. The zero-order valence-electron chi connectivity index (χ0n) is 14.6. The second-order valence-electron chi connectivity index (χ2n) is 6.23. The van der Waals surface area contributed by atoms with Crippen molar-refractivity contribution in [1.29, 1.82) is 0 Å². The Morgan fingerprint density at radius 3 is 2.79 bits per heavy atom. The number of carbonyl (C=O) groups is 1. The van der Waals surface area contributed by atoms with Crippen LogP contribution >= 0.6 is 0 Å². The van der Waals surface area contributed by atoms with E-state index in [4.69, 9.17) is 0 Å². The van der Waals surface area contributed by atoms with Crippen molar-refractivity contribution in [3.8, 4) is 11.4 Å². The van der Waals surface area contributed by atoms with Gasteiger partial charge in [-0.15, -0.1) is 0 Å². The van der Waals surface area contributed by atoms with Crippen molar-refractivity contribution in [2.24, 2.45) is 0 Å². The van der Waals surface area contributed by atoms with E-state index in [0.717, 1.165) is 11.5 Å². The van der Waals surface area contributed by atoms with E-state index in [1.165, 1.54) is 12.3 Å². The molecule has 1 aromatic carbocycles. The molecule has 4 aromatic rings. The summed E-state index contributed by atoms with van der Waals surface area (Å²) in [6.45, 7) is -0.383. The van der Waals surface area contributed by atoms with Crippen LogP contribution in [0.4, 0.5) is 17.6 Å². The van der Waals surface area contributed by atoms with E-state index >= 15 is 0 Å². The fraction of sp³-hybridized carbons (Fsp3) is 0.105. The van der Waals surface area contributed by atoms with Gasteiger partial charge in [0.2, 0.25) is 0 Å². The molecule has 0 aliphatic heterocycles. The molecule has 6 nitrogen and oxygen atoms in total. The lowest BCUT2D eigenvalue weighted by atomic mass is 10.1. The quantitative estimate of drug-likeness (QED) is 0.450. The minimum absolute atomic E-state index is 0.235. The number of benzene rings is 1. The highest BCUT2D eigenvalue weighted by Gasteiger charge is 2.34. The number of H-pyrrole nitrogens is 2. The van der Waals surface area contributed by atoms with Crippen LogP contribution in [0.15, 0.2) is 48.8 Å². The lowest BCUT2D eigenvalue weighted by Crippen LogP contribution is -2.23. The van der Waals surface area contributed by atoms with Crippen molar-refractivity contribution in [3.63, 3.8) is 0 Å². The van der Waals surface area contributed by atoms with Crippen molar-refractivity contribution >= 4 is 16.9 Å². The number of pyridine rings is 1. The van der Waals surface area contributed by atoms with Gasteiger partial charge in [-0.3, -0.25) is 9.89 Å². The Morgan fingerprint density at radius 1 is 1.17 bits per heavy atom. The summed E-state index contributed by atoms with van der Waals surface area (Å²) in [4.78, 5) is 19.4. The van der Waals surface area contributed by atoms with E-state index in [1.807, 2.05) is 6.07 Å². The van der Waals surface area contributed by atoms with E-state index in [2.05, 4.69) is 25.5 Å². The van der Waals surface area contributed by atoms with Crippen molar-refractivity contribution in [2.45, 2.75) is 12.7 Å². The summed E-state index contributed by atoms with van der Waals surface area (Å²) in [5.41, 5.74) is 0.344. The number of carbonyl (C=O) groups excluding carboxylic acids is 1. The van der Waals surface area contributed by atoms with Gasteiger partial charge in [-0.05, 0) is 24.3 Å². The Labute approximate surface area is 161 Å². The average Bonchev–Trinajstić information content (AvgIpc) is 3.33. The first-order valence-electron chi connectivity index (χ1n) is 8.45. The van der Waals surface area contributed by atoms with Gasteiger partial charge >= 0.3 is 6.18 Å². The van der Waals surface area contributed by atoms with Crippen molar-refractivity contribution in [2.75, 3.05) is 0 Å². The molecule has 0 spiro atoms. The molecular formula is C19H13F4N5O. The van der Waals surface area contributed by atoms with E-state index in [-0.39, 0.29) is 17.7 Å². The summed E-state index contributed by atoms with van der Waals surface area (Å²) < 4.78 is 52.5. The third kappa shape index (κ3) is 3.56. The average molecular weight is 403 g/mol. The van der Waals surface area contributed by atoms with Gasteiger partial charge in [0.15, 0.2) is 5.65 Å². The normalized spacial score (nSPS) is 11.7. The maximum Gasteiger partial charge on any atom is 0.419 e. The lowest BCUT2D eigenvalue weighted by Gasteiger charge is -2.11. The van der Waals surface area contributed by atoms with Gasteiger partial charge in [-0.1, -0.05) is 12.1 Å². The molecule has 10 heteroatoms. The highest BCUT2D eigenvalue weighted by Crippen LogP contribution is 2.32. The molecule has 3 N–H and O–H groups in total. The van der Waals surface area contributed by atoms with E-state index in [1.54, 1.807) is 18.3 Å². The maximum absolute atomic E-state index is 14.1. The molecule has 1 amide bonds. The Hall–Kier alpha value is -3.69. The third-order valence-electron chi connectivity index (χ3n) is 4.37. The number of nitrogens with zero attached hydrogens (tertiary/aromatic N) is 2. The minimum atomic E-state index is -4.80. The van der Waals surface area contributed by atoms with Crippen LogP contribution in [-0.4, -0.2) is 26.1 Å². The predicted octanol–water partition coefficient (Wildman–Crippen LogP) is 4.04. The van der Waals surface area contributed by atoms with Gasteiger partial charge in [-0.25, -0.2) is 9.37 Å². The number of aromatic amines is 2. The second-order valence-corrected chi connectivity index (χ2v) is 6.23. The molecule has 4 rings (SSSR count). The van der Waals surface area contributed by atoms with Gasteiger partial charge in [0.1, 0.15) is 5.82 Å². The number of hydrogen-bond donors (Lipinski definition) is 3. The Balaban J connectivity index is 1.51. The molecule has 0 bridgehead atoms. The molecule has 0 fully saturated rings. The van der Waals surface area contributed by atoms with Gasteiger partial charge in [0.25, 0.3) is 5.91 Å². The first-order chi connectivity index (χ1) is 13.8. The van der Waals surface area contributed by atoms with Crippen LogP contribution in [0.1, 0.15) is 21.5 Å². The number of nitrogens with one attached hydrogen (secondary N) is 3. The maximum atomic E-state index is 14.1. The fourth-order valence-corrected chi connectivity index (χ4v) is 2.94. The molecule has 0 atom stereocenters. The number of alkyl halides is 3. The van der Waals surface area contributed by atoms with E-state index in [0.29, 0.717) is 23.1 Å². The number of rotatable bonds is 4. The van der Waals surface area contributed by atoms with Gasteiger partial charge in [-0.2, -0.15) is 18.3 Å². The third-order valence-corrected chi connectivity index (χ3v) is 4.37. The van der Waals surface area contributed by atoms with Crippen LogP contribution in [0.2, 0.25) is 0 Å². The molecule has 0 saturated carbocycles. The second kappa shape index (κ2) is 7.04. The smallest absolute Gasteiger partial charge is 0.359 e. The summed E-state index contributed by atoms with van der Waals surface area (Å²) in [6.07, 6.45) is -1.76. The van der Waals surface area contributed by atoms with Crippen molar-refractivity contribution < 1.29 is 22.4 Å². The van der Waals surface area contributed by atoms with Crippen LogP contribution < -0.4 is 5.32 Å². The fourth-order valence-electron chi connectivity index (χ4n) is 2.94. The molecule has 0 aliphatic rings. The number of halogens is 4. The molecule has 0 aliphatic carbocycles. The van der Waals surface area contributed by atoms with Crippen LogP contribution in [0.3, 0.4) is 0 Å². The largest absolute Gasteiger partial charge is 0.419 e. The monoisotopic (exact) mass is 403 g/mol. The molecule has 0 radical (unpaired) electrons. The van der Waals surface area contributed by atoms with Gasteiger partial charge in [0, 0.05) is 29.9 Å². The number of fused-ring (bicyclic) bond motifs is 1. The number of amides is 1. The number of hydrogen-bond acceptors (Lipinski definition) is 3. The summed E-state index contributed by atoms with van der Waals surface area (Å²) in [5, 5.41) is 10.1. The lowest BCUT2D eigenvalue weighted by molar-refractivity contribution is -0.140. The first kappa shape index (κ1) is 18.7. The van der Waals surface area contributed by atoms with E-state index in [9.17, 15) is 22.4 Å². The predicted molar refractivity (Wildman–Crippen MR) is 96.2 cm³/mol. The Bertz CT molecular complexity index is 1190. The zero-order chi connectivity index (χ0) is 20.6. The topological polar surface area (TPSA) is 86.5 Å². The molecule has 148 valence electrons. The van der Waals surface area contributed by atoms with Crippen molar-refractivity contribution in [3.05, 3.63) is 71.3 Å². The molecule has 0 unspecified atom stereocenters. The molecule has 0 saturated heterocycles. The highest BCUT2D eigenvalue weighted by molar-refractivity contribution is 5.97. The van der Waals surface area contributed by atoms with Crippen LogP contribution in [-0.2, 0) is 12.7 Å². The van der Waals surface area contributed by atoms with Crippen LogP contribution in [0, 0.1) is 5.82 Å². The summed E-state index contributed by atoms with van der Waals surface area (Å²) in [6, 6.07) is 8.07. The van der Waals surface area contributed by atoms with Gasteiger partial charge < -0.3 is 10.3 Å². The standard InChI is InChI=1S/C19H13F4N5O/c20-15-10(3-1-5-13(15)19(21,22)23)8-26-18(29)11-7-14(25-9-11)16-12-4-2-6-24-17(12)28-27-16/h1-7,9,25H,8H2,(H,26,29)(H,24,27,28). The van der Waals surface area contributed by atoms with Crippen LogP contribution in [0.5, 0.6) is 0 Å². The Morgan fingerprint density at radius 2 is 2.00 bits per heavy atom. The minimum Gasteiger partial charge on any atom is -0.359 e. The molecule has 3 heterocycles. The van der Waals surface area contributed by atoms with Gasteiger partial charge in [0.05, 0.1) is 22.5 Å². The molecule has 29 heavy (non-hydrogen) atoms.